The second-order valence-electron chi connectivity index (χ2n) is 3.48. The van der Waals surface area contributed by atoms with E-state index in [4.69, 9.17) is 5.84 Å². The Morgan fingerprint density at radius 3 is 2.83 bits per heavy atom. The lowest BCUT2D eigenvalue weighted by Crippen LogP contribution is -2.12. The van der Waals surface area contributed by atoms with E-state index in [1.807, 2.05) is 0 Å². The Labute approximate surface area is 112 Å². The van der Waals surface area contributed by atoms with Crippen LogP contribution < -0.4 is 16.6 Å². The lowest BCUT2D eigenvalue weighted by atomic mass is 10.2. The average Bonchev–Trinajstić information content (AvgIpc) is 2.39. The van der Waals surface area contributed by atoms with Gasteiger partial charge in [0.2, 0.25) is 5.95 Å². The summed E-state index contributed by atoms with van der Waals surface area (Å²) in [7, 11) is 0. The van der Waals surface area contributed by atoms with E-state index < -0.39 is 0 Å². The summed E-state index contributed by atoms with van der Waals surface area (Å²) in [6, 6.07) is 6.55. The van der Waals surface area contributed by atoms with Crippen molar-refractivity contribution in [1.82, 2.24) is 9.97 Å². The summed E-state index contributed by atoms with van der Waals surface area (Å²) in [4.78, 5) is 8.03. The van der Waals surface area contributed by atoms with Crippen LogP contribution in [0.1, 0.15) is 5.56 Å². The highest BCUT2D eigenvalue weighted by molar-refractivity contribution is 9.10. The van der Waals surface area contributed by atoms with Crippen molar-refractivity contribution in [3.8, 4) is 0 Å². The summed E-state index contributed by atoms with van der Waals surface area (Å²) >= 11 is 3.30. The van der Waals surface area contributed by atoms with Crippen LogP contribution in [0.15, 0.2) is 34.9 Å². The van der Waals surface area contributed by atoms with Gasteiger partial charge >= 0.3 is 0 Å². The Morgan fingerprint density at radius 2 is 2.11 bits per heavy atom. The van der Waals surface area contributed by atoms with Crippen LogP contribution in [0.3, 0.4) is 0 Å². The number of anilines is 2. The zero-order chi connectivity index (χ0) is 13.0. The molecule has 0 bridgehead atoms. The smallest absolute Gasteiger partial charge is 0.239 e. The van der Waals surface area contributed by atoms with Gasteiger partial charge in [-0.3, -0.25) is 5.43 Å². The van der Waals surface area contributed by atoms with Gasteiger partial charge in [-0.2, -0.15) is 4.98 Å². The molecule has 0 saturated carbocycles. The molecule has 0 radical (unpaired) electrons. The number of benzene rings is 1. The predicted molar refractivity (Wildman–Crippen MR) is 71.3 cm³/mol. The Morgan fingerprint density at radius 1 is 1.33 bits per heavy atom. The monoisotopic (exact) mass is 311 g/mol. The molecule has 7 heteroatoms. The van der Waals surface area contributed by atoms with E-state index in [-0.39, 0.29) is 11.8 Å². The van der Waals surface area contributed by atoms with Gasteiger partial charge in [-0.05, 0) is 22.0 Å². The number of hydrogen-bond acceptors (Lipinski definition) is 5. The van der Waals surface area contributed by atoms with Crippen LogP contribution in [0.25, 0.3) is 0 Å². The largest absolute Gasteiger partial charge is 0.365 e. The van der Waals surface area contributed by atoms with E-state index in [0.29, 0.717) is 22.4 Å². The molecule has 0 spiro atoms. The highest BCUT2D eigenvalue weighted by Gasteiger charge is 2.05. The Bertz CT molecular complexity index is 549. The molecule has 0 aliphatic rings. The molecule has 2 rings (SSSR count). The summed E-state index contributed by atoms with van der Waals surface area (Å²) < 4.78 is 14.1. The number of nitrogens with one attached hydrogen (secondary N) is 2. The fraction of sp³-hybridized carbons (Fsp3) is 0.0909. The van der Waals surface area contributed by atoms with E-state index in [1.54, 1.807) is 24.4 Å². The Kier molecular flexibility index (Phi) is 4.06. The standard InChI is InChI=1S/C11H11BrFN5/c12-8-6-16-11(18-14)17-10(8)15-5-7-3-1-2-4-9(7)13/h1-4,6H,5,14H2,(H2,15,16,17,18). The maximum Gasteiger partial charge on any atom is 0.239 e. The maximum atomic E-state index is 13.4. The van der Waals surface area contributed by atoms with E-state index in [2.05, 4.69) is 36.6 Å². The van der Waals surface area contributed by atoms with Gasteiger partial charge in [0.1, 0.15) is 11.6 Å². The number of aromatic nitrogens is 2. The van der Waals surface area contributed by atoms with Gasteiger partial charge in [-0.1, -0.05) is 18.2 Å². The van der Waals surface area contributed by atoms with E-state index in [9.17, 15) is 4.39 Å². The highest BCUT2D eigenvalue weighted by Crippen LogP contribution is 2.20. The fourth-order valence-electron chi connectivity index (χ4n) is 1.38. The fourth-order valence-corrected chi connectivity index (χ4v) is 1.71. The number of hydrogen-bond donors (Lipinski definition) is 3. The second kappa shape index (κ2) is 5.74. The summed E-state index contributed by atoms with van der Waals surface area (Å²) in [5.41, 5.74) is 2.91. The van der Waals surface area contributed by atoms with Gasteiger partial charge in [0.25, 0.3) is 0 Å². The molecule has 94 valence electrons. The van der Waals surface area contributed by atoms with E-state index >= 15 is 0 Å². The number of nitrogens with zero attached hydrogens (tertiary/aromatic N) is 2. The van der Waals surface area contributed by atoms with Crippen molar-refractivity contribution < 1.29 is 4.39 Å². The molecule has 1 aromatic carbocycles. The third-order valence-corrected chi connectivity index (χ3v) is 2.86. The summed E-state index contributed by atoms with van der Waals surface area (Å²) in [6.07, 6.45) is 1.56. The number of halogens is 2. The molecule has 0 aliphatic heterocycles. The molecule has 1 heterocycles. The van der Waals surface area contributed by atoms with Crippen LogP contribution in [-0.2, 0) is 6.54 Å². The van der Waals surface area contributed by atoms with E-state index in [1.165, 1.54) is 6.07 Å². The first kappa shape index (κ1) is 12.7. The van der Waals surface area contributed by atoms with Crippen molar-refractivity contribution in [3.63, 3.8) is 0 Å². The van der Waals surface area contributed by atoms with Crippen LogP contribution in [0.4, 0.5) is 16.2 Å². The Balaban J connectivity index is 2.13. The molecular weight excluding hydrogens is 301 g/mol. The quantitative estimate of drug-likeness (QED) is 0.596. The number of nitrogen functional groups attached to an aromatic ring is 1. The Hall–Kier alpha value is -1.73. The van der Waals surface area contributed by atoms with Gasteiger partial charge in [0, 0.05) is 18.3 Å². The van der Waals surface area contributed by atoms with Crippen molar-refractivity contribution in [2.45, 2.75) is 6.54 Å². The SMILES string of the molecule is NNc1ncc(Br)c(NCc2ccccc2F)n1. The summed E-state index contributed by atoms with van der Waals surface area (Å²) in [6.45, 7) is 0.326. The minimum Gasteiger partial charge on any atom is -0.365 e. The molecule has 2 aromatic rings. The van der Waals surface area contributed by atoms with Crippen molar-refractivity contribution in [3.05, 3.63) is 46.3 Å². The van der Waals surface area contributed by atoms with Crippen molar-refractivity contribution in [2.75, 3.05) is 10.7 Å². The first-order valence-corrected chi connectivity index (χ1v) is 5.96. The van der Waals surface area contributed by atoms with Crippen LogP contribution >= 0.6 is 15.9 Å². The van der Waals surface area contributed by atoms with Crippen LogP contribution in [0.5, 0.6) is 0 Å². The lowest BCUT2D eigenvalue weighted by Gasteiger charge is -2.09. The van der Waals surface area contributed by atoms with Crippen LogP contribution in [0.2, 0.25) is 0 Å². The first-order valence-electron chi connectivity index (χ1n) is 5.17. The molecule has 0 aliphatic carbocycles. The molecular formula is C11H11BrFN5. The number of rotatable bonds is 4. The zero-order valence-corrected chi connectivity index (χ0v) is 10.9. The van der Waals surface area contributed by atoms with Gasteiger partial charge in [-0.25, -0.2) is 15.2 Å². The third-order valence-electron chi connectivity index (χ3n) is 2.28. The zero-order valence-electron chi connectivity index (χ0n) is 9.32. The minimum atomic E-state index is -0.257. The minimum absolute atomic E-state index is 0.257. The molecule has 5 nitrogen and oxygen atoms in total. The molecule has 0 saturated heterocycles. The van der Waals surface area contributed by atoms with Gasteiger partial charge < -0.3 is 5.32 Å². The predicted octanol–water partition coefficient (Wildman–Crippen LogP) is 2.28. The van der Waals surface area contributed by atoms with Gasteiger partial charge in [0.15, 0.2) is 0 Å². The molecule has 4 N–H and O–H groups in total. The molecule has 0 unspecified atom stereocenters. The molecule has 1 aromatic heterocycles. The van der Waals surface area contributed by atoms with Crippen LogP contribution in [0, 0.1) is 5.82 Å². The summed E-state index contributed by atoms with van der Waals surface area (Å²) in [5, 5.41) is 3.01. The van der Waals surface area contributed by atoms with Crippen LogP contribution in [-0.4, -0.2) is 9.97 Å². The van der Waals surface area contributed by atoms with Crippen molar-refractivity contribution >= 4 is 27.7 Å². The molecule has 0 fully saturated rings. The van der Waals surface area contributed by atoms with Crippen molar-refractivity contribution in [1.29, 1.82) is 0 Å². The maximum absolute atomic E-state index is 13.4. The van der Waals surface area contributed by atoms with Gasteiger partial charge in [-0.15, -0.1) is 0 Å². The topological polar surface area (TPSA) is 75.9 Å². The number of nitrogens with two attached hydrogens (primary N) is 1. The lowest BCUT2D eigenvalue weighted by molar-refractivity contribution is 0.613. The third kappa shape index (κ3) is 2.93. The highest BCUT2D eigenvalue weighted by atomic mass is 79.9. The summed E-state index contributed by atoms with van der Waals surface area (Å²) in [5.74, 6) is 5.79. The number of hydrazine groups is 1. The molecule has 0 atom stereocenters. The molecule has 0 amide bonds. The van der Waals surface area contributed by atoms with E-state index in [0.717, 1.165) is 0 Å². The average molecular weight is 312 g/mol. The normalized spacial score (nSPS) is 10.2. The second-order valence-corrected chi connectivity index (χ2v) is 4.33. The van der Waals surface area contributed by atoms with Gasteiger partial charge in [0.05, 0.1) is 4.47 Å². The van der Waals surface area contributed by atoms with Crippen molar-refractivity contribution in [2.24, 2.45) is 5.84 Å². The first-order chi connectivity index (χ1) is 8.70. The molecule has 18 heavy (non-hydrogen) atoms.